The number of carboxylic acid groups (broad SMARTS) is 1. The Morgan fingerprint density at radius 1 is 1.06 bits per heavy atom. The SMILES string of the molecule is CC(NC(=O)OCC1c2ccccc2-c2ccccc21)C(C)C(=O)N1CC[C@@H](C(=O)O)C[C@H]1C. The molecule has 2 aromatic rings. The van der Waals surface area contributed by atoms with E-state index in [4.69, 9.17) is 4.74 Å². The summed E-state index contributed by atoms with van der Waals surface area (Å²) in [5.74, 6) is -1.78. The number of piperidine rings is 1. The number of nitrogens with zero attached hydrogens (tertiary/aromatic N) is 1. The molecule has 1 fully saturated rings. The van der Waals surface area contributed by atoms with E-state index in [9.17, 15) is 19.5 Å². The predicted molar refractivity (Wildman–Crippen MR) is 128 cm³/mol. The summed E-state index contributed by atoms with van der Waals surface area (Å²) in [5, 5.41) is 12.1. The molecule has 2 aromatic carbocycles. The molecule has 2 aliphatic rings. The molecule has 0 saturated carbocycles. The first-order chi connectivity index (χ1) is 16.3. The Bertz CT molecular complexity index is 1040. The quantitative estimate of drug-likeness (QED) is 0.666. The number of rotatable bonds is 6. The van der Waals surface area contributed by atoms with E-state index < -0.39 is 29.9 Å². The van der Waals surface area contributed by atoms with E-state index in [0.717, 1.165) is 11.1 Å². The van der Waals surface area contributed by atoms with Gasteiger partial charge in [0.1, 0.15) is 6.61 Å². The van der Waals surface area contributed by atoms with Crippen molar-refractivity contribution in [2.75, 3.05) is 13.2 Å². The second kappa shape index (κ2) is 9.87. The van der Waals surface area contributed by atoms with E-state index >= 15 is 0 Å². The van der Waals surface area contributed by atoms with Crippen molar-refractivity contribution < 1.29 is 24.2 Å². The second-order valence-electron chi connectivity index (χ2n) is 9.49. The number of carbonyl (C=O) groups excluding carboxylic acids is 2. The Hall–Kier alpha value is -3.35. The van der Waals surface area contributed by atoms with Gasteiger partial charge in [-0.1, -0.05) is 55.5 Å². The lowest BCUT2D eigenvalue weighted by Crippen LogP contribution is -2.51. The van der Waals surface area contributed by atoms with Crippen LogP contribution in [0, 0.1) is 11.8 Å². The first-order valence-electron chi connectivity index (χ1n) is 11.9. The molecule has 2 unspecified atom stereocenters. The molecular formula is C27H32N2O5. The van der Waals surface area contributed by atoms with Crippen molar-refractivity contribution in [3.05, 3.63) is 59.7 Å². The Balaban J connectivity index is 1.33. The summed E-state index contributed by atoms with van der Waals surface area (Å²) in [6.07, 6.45) is 0.348. The van der Waals surface area contributed by atoms with Crippen molar-refractivity contribution in [2.24, 2.45) is 11.8 Å². The fourth-order valence-electron chi connectivity index (χ4n) is 5.15. The smallest absolute Gasteiger partial charge is 0.407 e. The van der Waals surface area contributed by atoms with Crippen LogP contribution in [0.25, 0.3) is 11.1 Å². The standard InChI is InChI=1S/C27H32N2O5/c1-16-14-19(26(31)32)12-13-29(16)25(30)17(2)18(3)28-27(33)34-15-24-22-10-6-4-8-20(22)21-9-5-7-11-23(21)24/h4-11,16-19,24H,12-15H2,1-3H3,(H,28,33)(H,31,32)/t16-,17?,18?,19-/m1/s1. The maximum Gasteiger partial charge on any atom is 0.407 e. The van der Waals surface area contributed by atoms with E-state index in [0.29, 0.717) is 19.4 Å². The van der Waals surface area contributed by atoms with Crippen LogP contribution < -0.4 is 5.32 Å². The molecule has 0 radical (unpaired) electrons. The number of alkyl carbamates (subject to hydrolysis) is 1. The van der Waals surface area contributed by atoms with Gasteiger partial charge in [0, 0.05) is 24.5 Å². The molecule has 2 amide bonds. The van der Waals surface area contributed by atoms with Gasteiger partial charge < -0.3 is 20.1 Å². The number of carboxylic acids is 1. The number of benzene rings is 2. The van der Waals surface area contributed by atoms with Gasteiger partial charge in [-0.15, -0.1) is 0 Å². The summed E-state index contributed by atoms with van der Waals surface area (Å²) in [5.41, 5.74) is 4.62. The van der Waals surface area contributed by atoms with E-state index in [-0.39, 0.29) is 24.5 Å². The third-order valence-electron chi connectivity index (χ3n) is 7.34. The summed E-state index contributed by atoms with van der Waals surface area (Å²) in [6.45, 7) is 6.09. The first kappa shape index (κ1) is 23.8. The number of ether oxygens (including phenoxy) is 1. The molecule has 1 heterocycles. The van der Waals surface area contributed by atoms with Crippen molar-refractivity contribution in [1.82, 2.24) is 10.2 Å². The zero-order valence-corrected chi connectivity index (χ0v) is 19.9. The average Bonchev–Trinajstić information content (AvgIpc) is 3.15. The molecule has 0 bridgehead atoms. The van der Waals surface area contributed by atoms with Crippen LogP contribution >= 0.6 is 0 Å². The molecule has 0 aromatic heterocycles. The van der Waals surface area contributed by atoms with Gasteiger partial charge >= 0.3 is 12.1 Å². The van der Waals surface area contributed by atoms with E-state index in [1.54, 1.807) is 18.7 Å². The van der Waals surface area contributed by atoms with Gasteiger partial charge in [-0.2, -0.15) is 0 Å². The molecule has 1 aliphatic carbocycles. The molecule has 180 valence electrons. The molecule has 34 heavy (non-hydrogen) atoms. The van der Waals surface area contributed by atoms with E-state index in [1.165, 1.54) is 11.1 Å². The predicted octanol–water partition coefficient (Wildman–Crippen LogP) is 4.26. The Labute approximate surface area is 200 Å². The lowest BCUT2D eigenvalue weighted by atomic mass is 9.90. The van der Waals surface area contributed by atoms with Crippen LogP contribution in [-0.2, 0) is 14.3 Å². The Morgan fingerprint density at radius 3 is 2.21 bits per heavy atom. The van der Waals surface area contributed by atoms with Crippen molar-refractivity contribution in [2.45, 2.75) is 51.6 Å². The van der Waals surface area contributed by atoms with Gasteiger partial charge in [0.15, 0.2) is 0 Å². The highest BCUT2D eigenvalue weighted by Crippen LogP contribution is 2.44. The number of fused-ring (bicyclic) bond motifs is 3. The maximum atomic E-state index is 13.0. The third kappa shape index (κ3) is 4.65. The molecule has 4 rings (SSSR count). The summed E-state index contributed by atoms with van der Waals surface area (Å²) in [7, 11) is 0. The van der Waals surface area contributed by atoms with Crippen molar-refractivity contribution >= 4 is 18.0 Å². The van der Waals surface area contributed by atoms with Crippen LogP contribution in [0.5, 0.6) is 0 Å². The molecule has 4 atom stereocenters. The Kier molecular flexibility index (Phi) is 6.91. The van der Waals surface area contributed by atoms with Crippen LogP contribution in [0.3, 0.4) is 0 Å². The van der Waals surface area contributed by atoms with Gasteiger partial charge in [-0.3, -0.25) is 9.59 Å². The lowest BCUT2D eigenvalue weighted by molar-refractivity contribution is -0.149. The zero-order valence-electron chi connectivity index (χ0n) is 19.9. The minimum atomic E-state index is -0.808. The highest BCUT2D eigenvalue weighted by Gasteiger charge is 2.36. The van der Waals surface area contributed by atoms with Gasteiger partial charge in [-0.05, 0) is 48.9 Å². The van der Waals surface area contributed by atoms with Crippen molar-refractivity contribution in [3.63, 3.8) is 0 Å². The van der Waals surface area contributed by atoms with E-state index in [1.807, 2.05) is 31.2 Å². The zero-order chi connectivity index (χ0) is 24.4. The monoisotopic (exact) mass is 464 g/mol. The molecule has 1 saturated heterocycles. The minimum absolute atomic E-state index is 0.0242. The van der Waals surface area contributed by atoms with Gasteiger partial charge in [-0.25, -0.2) is 4.79 Å². The normalized spacial score (nSPS) is 21.2. The van der Waals surface area contributed by atoms with E-state index in [2.05, 4.69) is 29.6 Å². The number of nitrogens with one attached hydrogen (secondary N) is 1. The number of aliphatic carboxylic acids is 1. The van der Waals surface area contributed by atoms with Crippen molar-refractivity contribution in [3.8, 4) is 11.1 Å². The fraction of sp³-hybridized carbons (Fsp3) is 0.444. The number of hydrogen-bond donors (Lipinski definition) is 2. The minimum Gasteiger partial charge on any atom is -0.481 e. The molecule has 0 spiro atoms. The summed E-state index contributed by atoms with van der Waals surface area (Å²) in [6, 6.07) is 15.7. The maximum absolute atomic E-state index is 13.0. The van der Waals surface area contributed by atoms with Gasteiger partial charge in [0.05, 0.1) is 11.8 Å². The fourth-order valence-corrected chi connectivity index (χ4v) is 5.15. The summed E-state index contributed by atoms with van der Waals surface area (Å²) >= 11 is 0. The summed E-state index contributed by atoms with van der Waals surface area (Å²) < 4.78 is 5.61. The van der Waals surface area contributed by atoms with Crippen LogP contribution in [0.1, 0.15) is 50.7 Å². The first-order valence-corrected chi connectivity index (χ1v) is 11.9. The number of amides is 2. The molecule has 1 aliphatic heterocycles. The van der Waals surface area contributed by atoms with Gasteiger partial charge in [0.2, 0.25) is 5.91 Å². The van der Waals surface area contributed by atoms with Crippen LogP contribution in [0.4, 0.5) is 4.79 Å². The van der Waals surface area contributed by atoms with Crippen LogP contribution in [-0.4, -0.2) is 53.2 Å². The number of carbonyl (C=O) groups is 3. The number of likely N-dealkylation sites (tertiary alicyclic amines) is 1. The van der Waals surface area contributed by atoms with Crippen LogP contribution in [0.15, 0.2) is 48.5 Å². The number of hydrogen-bond acceptors (Lipinski definition) is 4. The third-order valence-corrected chi connectivity index (χ3v) is 7.34. The topological polar surface area (TPSA) is 95.9 Å². The highest BCUT2D eigenvalue weighted by molar-refractivity contribution is 5.81. The van der Waals surface area contributed by atoms with Crippen molar-refractivity contribution in [1.29, 1.82) is 0 Å². The lowest BCUT2D eigenvalue weighted by Gasteiger charge is -2.38. The molecule has 7 nitrogen and oxygen atoms in total. The second-order valence-corrected chi connectivity index (χ2v) is 9.49. The van der Waals surface area contributed by atoms with Crippen LogP contribution in [0.2, 0.25) is 0 Å². The highest BCUT2D eigenvalue weighted by atomic mass is 16.5. The molecule has 2 N–H and O–H groups in total. The Morgan fingerprint density at radius 2 is 1.65 bits per heavy atom. The average molecular weight is 465 g/mol. The van der Waals surface area contributed by atoms with Gasteiger partial charge in [0.25, 0.3) is 0 Å². The molecule has 7 heteroatoms. The summed E-state index contributed by atoms with van der Waals surface area (Å²) in [4.78, 5) is 38.6. The molecular weight excluding hydrogens is 432 g/mol. The largest absolute Gasteiger partial charge is 0.481 e.